The maximum atomic E-state index is 12.6. The highest BCUT2D eigenvalue weighted by Gasteiger charge is 2.26. The van der Waals surface area contributed by atoms with Crippen molar-refractivity contribution in [3.05, 3.63) is 58.6 Å². The summed E-state index contributed by atoms with van der Waals surface area (Å²) in [5.41, 5.74) is 2.04. The van der Waals surface area contributed by atoms with E-state index in [1.54, 1.807) is 0 Å². The minimum absolute atomic E-state index is 0.0726. The van der Waals surface area contributed by atoms with E-state index in [0.717, 1.165) is 52.4 Å². The zero-order valence-electron chi connectivity index (χ0n) is 17.9. The lowest BCUT2D eigenvalue weighted by atomic mass is 9.85. The molecule has 0 bridgehead atoms. The van der Waals surface area contributed by atoms with Crippen LogP contribution in [0.2, 0.25) is 0 Å². The Labute approximate surface area is 191 Å². The van der Waals surface area contributed by atoms with Crippen LogP contribution in [0.3, 0.4) is 0 Å². The fourth-order valence-electron chi connectivity index (χ4n) is 4.08. The summed E-state index contributed by atoms with van der Waals surface area (Å²) >= 11 is 3.44. The number of aromatic nitrogens is 2. The van der Waals surface area contributed by atoms with Crippen molar-refractivity contribution in [1.82, 2.24) is 15.3 Å². The first-order valence-corrected chi connectivity index (χ1v) is 11.5. The van der Waals surface area contributed by atoms with Gasteiger partial charge in [0.2, 0.25) is 11.9 Å². The smallest absolute Gasteiger partial charge is 0.225 e. The number of nitrogens with one attached hydrogen (secondary N) is 2. The fraction of sp³-hybridized carbons (Fsp3) is 0.375. The maximum absolute atomic E-state index is 12.6. The molecular formula is C24H28BrN5O. The first-order valence-electron chi connectivity index (χ1n) is 10.7. The van der Waals surface area contributed by atoms with Crippen molar-refractivity contribution in [2.24, 2.45) is 5.92 Å². The van der Waals surface area contributed by atoms with E-state index in [-0.39, 0.29) is 17.9 Å². The van der Waals surface area contributed by atoms with Crippen molar-refractivity contribution in [2.45, 2.75) is 38.3 Å². The third-order valence-corrected chi connectivity index (χ3v) is 6.35. The second-order valence-corrected chi connectivity index (χ2v) is 9.24. The summed E-state index contributed by atoms with van der Waals surface area (Å²) < 4.78 is 1.04. The minimum atomic E-state index is 0.0726. The molecule has 4 rings (SSSR count). The number of benzene rings is 2. The third-order valence-electron chi connectivity index (χ3n) is 5.82. The first kappa shape index (κ1) is 21.6. The average Bonchev–Trinajstić information content (AvgIpc) is 2.78. The van der Waals surface area contributed by atoms with Gasteiger partial charge in [-0.25, -0.2) is 4.98 Å². The molecule has 0 radical (unpaired) electrons. The van der Waals surface area contributed by atoms with Crippen LogP contribution < -0.4 is 15.5 Å². The number of carbonyl (C=O) groups excluding carboxylic acids is 1. The lowest BCUT2D eigenvalue weighted by molar-refractivity contribution is -0.126. The molecule has 31 heavy (non-hydrogen) atoms. The summed E-state index contributed by atoms with van der Waals surface area (Å²) in [4.78, 5) is 24.1. The van der Waals surface area contributed by atoms with Crippen LogP contribution in [0.25, 0.3) is 10.9 Å². The molecule has 0 spiro atoms. The highest BCUT2D eigenvalue weighted by Crippen LogP contribution is 2.28. The van der Waals surface area contributed by atoms with Crippen molar-refractivity contribution >= 4 is 44.5 Å². The number of anilines is 2. The average molecular weight is 482 g/mol. The second-order valence-electron chi connectivity index (χ2n) is 8.32. The number of nitrogens with zero attached hydrogens (tertiary/aromatic N) is 3. The number of rotatable bonds is 6. The van der Waals surface area contributed by atoms with Crippen LogP contribution in [0, 0.1) is 5.92 Å². The Kier molecular flexibility index (Phi) is 6.70. The van der Waals surface area contributed by atoms with Crippen LogP contribution in [0.1, 0.15) is 31.2 Å². The highest BCUT2D eigenvalue weighted by atomic mass is 79.9. The van der Waals surface area contributed by atoms with Gasteiger partial charge in [-0.05, 0) is 55.5 Å². The number of hydrogen-bond donors (Lipinski definition) is 2. The molecule has 1 aliphatic carbocycles. The van der Waals surface area contributed by atoms with Gasteiger partial charge in [-0.3, -0.25) is 4.79 Å². The fourth-order valence-corrected chi connectivity index (χ4v) is 4.35. The van der Waals surface area contributed by atoms with Gasteiger partial charge in [0, 0.05) is 42.5 Å². The van der Waals surface area contributed by atoms with Crippen LogP contribution in [0.4, 0.5) is 11.8 Å². The Hall–Kier alpha value is -2.67. The van der Waals surface area contributed by atoms with E-state index >= 15 is 0 Å². The molecule has 1 aliphatic rings. The molecule has 0 atom stereocenters. The molecule has 1 amide bonds. The Bertz CT molecular complexity index is 1050. The van der Waals surface area contributed by atoms with Gasteiger partial charge in [0.1, 0.15) is 5.82 Å². The van der Waals surface area contributed by atoms with Crippen molar-refractivity contribution in [3.8, 4) is 0 Å². The van der Waals surface area contributed by atoms with E-state index in [9.17, 15) is 4.79 Å². The van der Waals surface area contributed by atoms with E-state index in [1.807, 2.05) is 67.5 Å². The molecule has 0 saturated heterocycles. The van der Waals surface area contributed by atoms with Crippen LogP contribution in [0.5, 0.6) is 0 Å². The first-order chi connectivity index (χ1) is 15.0. The summed E-state index contributed by atoms with van der Waals surface area (Å²) in [6.45, 7) is 0.572. The van der Waals surface area contributed by atoms with Gasteiger partial charge < -0.3 is 15.5 Å². The van der Waals surface area contributed by atoms with E-state index < -0.39 is 0 Å². The normalized spacial score (nSPS) is 18.5. The summed E-state index contributed by atoms with van der Waals surface area (Å²) in [5, 5.41) is 7.64. The van der Waals surface area contributed by atoms with Gasteiger partial charge in [0.15, 0.2) is 0 Å². The van der Waals surface area contributed by atoms with Crippen molar-refractivity contribution in [3.63, 3.8) is 0 Å². The largest absolute Gasteiger partial charge is 0.362 e. The molecule has 0 unspecified atom stereocenters. The molecule has 1 fully saturated rings. The van der Waals surface area contributed by atoms with Gasteiger partial charge in [-0.15, -0.1) is 0 Å². The molecule has 1 saturated carbocycles. The Balaban J connectivity index is 1.33. The van der Waals surface area contributed by atoms with Crippen molar-refractivity contribution < 1.29 is 4.79 Å². The van der Waals surface area contributed by atoms with Crippen molar-refractivity contribution in [1.29, 1.82) is 0 Å². The van der Waals surface area contributed by atoms with Crippen LogP contribution >= 0.6 is 15.9 Å². The molecular weight excluding hydrogens is 454 g/mol. The van der Waals surface area contributed by atoms with E-state index in [2.05, 4.69) is 26.6 Å². The lowest BCUT2D eigenvalue weighted by Crippen LogP contribution is -2.35. The van der Waals surface area contributed by atoms with Gasteiger partial charge >= 0.3 is 0 Å². The Morgan fingerprint density at radius 3 is 2.45 bits per heavy atom. The molecule has 6 nitrogen and oxygen atoms in total. The molecule has 3 aromatic rings. The predicted octanol–water partition coefficient (Wildman–Crippen LogP) is 4.75. The Morgan fingerprint density at radius 1 is 1.03 bits per heavy atom. The number of fused-ring (bicyclic) bond motifs is 1. The van der Waals surface area contributed by atoms with Crippen LogP contribution in [-0.4, -0.2) is 36.0 Å². The summed E-state index contributed by atoms with van der Waals surface area (Å²) in [6, 6.07) is 16.4. The van der Waals surface area contributed by atoms with Gasteiger partial charge in [-0.2, -0.15) is 4.98 Å². The third kappa shape index (κ3) is 5.34. The number of carbonyl (C=O) groups is 1. The standard InChI is InChI=1S/C24H28BrN5O/c1-30(2)22-20-5-3-4-6-21(20)28-24(29-22)27-19-13-9-17(10-14-19)23(31)26-15-16-7-11-18(25)12-8-16/h3-8,11-12,17,19H,9-10,13-15H2,1-2H3,(H,26,31)(H,27,28,29)/t17-,19+. The summed E-state index contributed by atoms with van der Waals surface area (Å²) in [7, 11) is 3.99. The summed E-state index contributed by atoms with van der Waals surface area (Å²) in [6.07, 6.45) is 3.61. The molecule has 0 aliphatic heterocycles. The zero-order chi connectivity index (χ0) is 21.8. The SMILES string of the molecule is CN(C)c1nc(N[C@H]2CC[C@@H](C(=O)NCc3ccc(Br)cc3)CC2)nc2ccccc12. The lowest BCUT2D eigenvalue weighted by Gasteiger charge is -2.28. The van der Waals surface area contributed by atoms with Crippen molar-refractivity contribution in [2.75, 3.05) is 24.3 Å². The van der Waals surface area contributed by atoms with Crippen LogP contribution in [0.15, 0.2) is 53.0 Å². The predicted molar refractivity (Wildman–Crippen MR) is 129 cm³/mol. The minimum Gasteiger partial charge on any atom is -0.362 e. The zero-order valence-corrected chi connectivity index (χ0v) is 19.5. The van der Waals surface area contributed by atoms with E-state index in [0.29, 0.717) is 12.5 Å². The van der Waals surface area contributed by atoms with E-state index in [4.69, 9.17) is 9.97 Å². The van der Waals surface area contributed by atoms with Gasteiger partial charge in [0.25, 0.3) is 0 Å². The second kappa shape index (κ2) is 9.64. The Morgan fingerprint density at radius 2 is 1.74 bits per heavy atom. The number of halogens is 1. The van der Waals surface area contributed by atoms with Gasteiger partial charge in [0.05, 0.1) is 5.52 Å². The maximum Gasteiger partial charge on any atom is 0.225 e. The molecule has 2 N–H and O–H groups in total. The molecule has 1 aromatic heterocycles. The molecule has 1 heterocycles. The highest BCUT2D eigenvalue weighted by molar-refractivity contribution is 9.10. The molecule has 2 aromatic carbocycles. The monoisotopic (exact) mass is 481 g/mol. The summed E-state index contributed by atoms with van der Waals surface area (Å²) in [5.74, 6) is 1.79. The van der Waals surface area contributed by atoms with E-state index in [1.165, 1.54) is 0 Å². The topological polar surface area (TPSA) is 70.2 Å². The number of amides is 1. The molecule has 7 heteroatoms. The van der Waals surface area contributed by atoms with Gasteiger partial charge in [-0.1, -0.05) is 40.2 Å². The number of para-hydroxylation sites is 1. The van der Waals surface area contributed by atoms with Crippen LogP contribution in [-0.2, 0) is 11.3 Å². The quantitative estimate of drug-likeness (QED) is 0.531. The number of hydrogen-bond acceptors (Lipinski definition) is 5. The molecule has 162 valence electrons.